The van der Waals surface area contributed by atoms with Gasteiger partial charge in [-0.1, -0.05) is 38.1 Å². The molecular weight excluding hydrogens is 224 g/mol. The average Bonchev–Trinajstić information content (AvgIpc) is 2.37. The largest absolute Gasteiger partial charge is 0.373 e. The van der Waals surface area contributed by atoms with E-state index in [1.807, 2.05) is 6.07 Å². The predicted octanol–water partition coefficient (Wildman–Crippen LogP) is 3.70. The lowest BCUT2D eigenvalue weighted by molar-refractivity contribution is -0.122. The third-order valence-corrected chi connectivity index (χ3v) is 3.51. The minimum absolute atomic E-state index is 0.0189. The zero-order valence-electron chi connectivity index (χ0n) is 11.3. The Morgan fingerprint density at radius 3 is 2.94 bits per heavy atom. The first-order valence-electron chi connectivity index (χ1n) is 6.88. The molecule has 0 N–H and O–H groups in total. The Hall–Kier alpha value is -1.15. The molecule has 2 rings (SSSR count). The summed E-state index contributed by atoms with van der Waals surface area (Å²) in [5.74, 6) is 0.916. The van der Waals surface area contributed by atoms with Crippen molar-refractivity contribution in [2.24, 2.45) is 5.92 Å². The Morgan fingerprint density at radius 2 is 2.17 bits per heavy atom. The summed E-state index contributed by atoms with van der Waals surface area (Å²) in [7, 11) is 0. The van der Waals surface area contributed by atoms with Crippen molar-refractivity contribution in [2.75, 3.05) is 6.61 Å². The van der Waals surface area contributed by atoms with E-state index in [9.17, 15) is 4.79 Å². The molecule has 1 aromatic rings. The monoisotopic (exact) mass is 246 g/mol. The fraction of sp³-hybridized carbons (Fsp3) is 0.562. The number of Topliss-reactive ketones (excluding diaryl/α,β-unsaturated/α-hetero) is 1. The number of fused-ring (bicyclic) bond motifs is 1. The Balaban J connectivity index is 1.96. The maximum Gasteiger partial charge on any atom is 0.135 e. The highest BCUT2D eigenvalue weighted by Gasteiger charge is 2.22. The minimum atomic E-state index is -0.0189. The van der Waals surface area contributed by atoms with Gasteiger partial charge in [-0.2, -0.15) is 0 Å². The molecule has 0 fully saturated rings. The highest BCUT2D eigenvalue weighted by molar-refractivity contribution is 5.79. The van der Waals surface area contributed by atoms with Crippen LogP contribution in [0.15, 0.2) is 24.3 Å². The van der Waals surface area contributed by atoms with Gasteiger partial charge in [0.2, 0.25) is 0 Å². The Labute approximate surface area is 109 Å². The first-order chi connectivity index (χ1) is 8.66. The summed E-state index contributed by atoms with van der Waals surface area (Å²) in [5, 5.41) is 0. The summed E-state index contributed by atoms with van der Waals surface area (Å²) in [6, 6.07) is 8.32. The number of carbonyl (C=O) groups excluding carboxylic acids is 1. The van der Waals surface area contributed by atoms with Crippen LogP contribution < -0.4 is 0 Å². The summed E-state index contributed by atoms with van der Waals surface area (Å²) in [6.45, 7) is 5.04. The van der Waals surface area contributed by atoms with E-state index in [2.05, 4.69) is 32.0 Å². The van der Waals surface area contributed by atoms with Crippen LogP contribution in [0.1, 0.15) is 50.3 Å². The Kier molecular flexibility index (Phi) is 4.54. The van der Waals surface area contributed by atoms with Gasteiger partial charge in [0, 0.05) is 12.8 Å². The molecular formula is C16H22O2. The Morgan fingerprint density at radius 1 is 1.39 bits per heavy atom. The van der Waals surface area contributed by atoms with Gasteiger partial charge in [-0.15, -0.1) is 0 Å². The number of ether oxygens (including phenoxy) is 1. The maximum atomic E-state index is 11.9. The topological polar surface area (TPSA) is 26.3 Å². The number of hydrogen-bond donors (Lipinski definition) is 0. The second kappa shape index (κ2) is 6.14. The average molecular weight is 246 g/mol. The molecule has 1 aromatic carbocycles. The SMILES string of the molecule is CC(C)CCC(=O)CC1OCCc2ccccc21. The summed E-state index contributed by atoms with van der Waals surface area (Å²) in [6.07, 6.45) is 3.14. The molecule has 0 saturated heterocycles. The molecule has 1 aliphatic heterocycles. The number of rotatable bonds is 5. The highest BCUT2D eigenvalue weighted by atomic mass is 16.5. The molecule has 2 nitrogen and oxygen atoms in total. The van der Waals surface area contributed by atoms with Crippen LogP contribution in [-0.2, 0) is 16.0 Å². The molecule has 18 heavy (non-hydrogen) atoms. The second-order valence-corrected chi connectivity index (χ2v) is 5.48. The molecule has 0 amide bonds. The van der Waals surface area contributed by atoms with Gasteiger partial charge >= 0.3 is 0 Å². The smallest absolute Gasteiger partial charge is 0.135 e. The fourth-order valence-corrected chi connectivity index (χ4v) is 2.40. The van der Waals surface area contributed by atoms with Crippen molar-refractivity contribution in [1.29, 1.82) is 0 Å². The maximum absolute atomic E-state index is 11.9. The molecule has 1 heterocycles. The first kappa shape index (κ1) is 13.3. The lowest BCUT2D eigenvalue weighted by Gasteiger charge is -2.25. The van der Waals surface area contributed by atoms with Crippen LogP contribution in [0, 0.1) is 5.92 Å². The van der Waals surface area contributed by atoms with E-state index in [0.717, 1.165) is 19.4 Å². The predicted molar refractivity (Wildman–Crippen MR) is 72.5 cm³/mol. The molecule has 0 radical (unpaired) electrons. The molecule has 0 saturated carbocycles. The van der Waals surface area contributed by atoms with Crippen LogP contribution in [0.25, 0.3) is 0 Å². The minimum Gasteiger partial charge on any atom is -0.373 e. The molecule has 0 spiro atoms. The number of benzene rings is 1. The zero-order valence-corrected chi connectivity index (χ0v) is 11.3. The van der Waals surface area contributed by atoms with Gasteiger partial charge in [-0.3, -0.25) is 4.79 Å². The van der Waals surface area contributed by atoms with E-state index in [1.165, 1.54) is 11.1 Å². The summed E-state index contributed by atoms with van der Waals surface area (Å²) in [5.41, 5.74) is 2.55. The van der Waals surface area contributed by atoms with E-state index >= 15 is 0 Å². The fourth-order valence-electron chi connectivity index (χ4n) is 2.40. The standard InChI is InChI=1S/C16H22O2/c1-12(2)7-8-14(17)11-16-15-6-4-3-5-13(15)9-10-18-16/h3-6,12,16H,7-11H2,1-2H3. The third kappa shape index (κ3) is 3.42. The molecule has 98 valence electrons. The number of hydrogen-bond acceptors (Lipinski definition) is 2. The van der Waals surface area contributed by atoms with Gasteiger partial charge in [0.1, 0.15) is 5.78 Å². The van der Waals surface area contributed by atoms with Crippen molar-refractivity contribution in [3.63, 3.8) is 0 Å². The number of ketones is 1. The highest BCUT2D eigenvalue weighted by Crippen LogP contribution is 2.30. The molecule has 1 atom stereocenters. The van der Waals surface area contributed by atoms with E-state index < -0.39 is 0 Å². The van der Waals surface area contributed by atoms with E-state index in [0.29, 0.717) is 24.5 Å². The van der Waals surface area contributed by atoms with Crippen LogP contribution in [0.3, 0.4) is 0 Å². The molecule has 0 bridgehead atoms. The van der Waals surface area contributed by atoms with Crippen LogP contribution in [0.4, 0.5) is 0 Å². The molecule has 0 aliphatic carbocycles. The van der Waals surface area contributed by atoms with Gasteiger partial charge in [0.05, 0.1) is 12.7 Å². The second-order valence-electron chi connectivity index (χ2n) is 5.48. The van der Waals surface area contributed by atoms with Gasteiger partial charge < -0.3 is 4.74 Å². The van der Waals surface area contributed by atoms with Crippen molar-refractivity contribution in [2.45, 2.75) is 45.6 Å². The van der Waals surface area contributed by atoms with Gasteiger partial charge in [0.25, 0.3) is 0 Å². The molecule has 0 aromatic heterocycles. The zero-order chi connectivity index (χ0) is 13.0. The third-order valence-electron chi connectivity index (χ3n) is 3.51. The van der Waals surface area contributed by atoms with E-state index in [-0.39, 0.29) is 6.10 Å². The van der Waals surface area contributed by atoms with Crippen molar-refractivity contribution in [1.82, 2.24) is 0 Å². The molecule has 1 aliphatic rings. The first-order valence-corrected chi connectivity index (χ1v) is 6.88. The van der Waals surface area contributed by atoms with E-state index in [4.69, 9.17) is 4.74 Å². The quantitative estimate of drug-likeness (QED) is 0.792. The van der Waals surface area contributed by atoms with Crippen molar-refractivity contribution >= 4 is 5.78 Å². The Bertz CT molecular complexity index is 409. The molecule has 1 unspecified atom stereocenters. The summed E-state index contributed by atoms with van der Waals surface area (Å²) < 4.78 is 5.76. The summed E-state index contributed by atoms with van der Waals surface area (Å²) >= 11 is 0. The van der Waals surface area contributed by atoms with Crippen molar-refractivity contribution < 1.29 is 9.53 Å². The van der Waals surface area contributed by atoms with Crippen molar-refractivity contribution in [3.8, 4) is 0 Å². The van der Waals surface area contributed by atoms with Gasteiger partial charge in [0.15, 0.2) is 0 Å². The normalized spacial score (nSPS) is 18.7. The van der Waals surface area contributed by atoms with Crippen LogP contribution in [-0.4, -0.2) is 12.4 Å². The lowest BCUT2D eigenvalue weighted by atomic mass is 9.93. The van der Waals surface area contributed by atoms with Crippen molar-refractivity contribution in [3.05, 3.63) is 35.4 Å². The summed E-state index contributed by atoms with van der Waals surface area (Å²) in [4.78, 5) is 11.9. The van der Waals surface area contributed by atoms with Crippen LogP contribution in [0.2, 0.25) is 0 Å². The van der Waals surface area contributed by atoms with Crippen LogP contribution in [0.5, 0.6) is 0 Å². The van der Waals surface area contributed by atoms with Gasteiger partial charge in [-0.25, -0.2) is 0 Å². The van der Waals surface area contributed by atoms with Crippen LogP contribution >= 0.6 is 0 Å². The van der Waals surface area contributed by atoms with E-state index in [1.54, 1.807) is 0 Å². The van der Waals surface area contributed by atoms with Gasteiger partial charge in [-0.05, 0) is 29.9 Å². The lowest BCUT2D eigenvalue weighted by Crippen LogP contribution is -2.19. The number of carbonyl (C=O) groups is 1. The molecule has 2 heteroatoms.